The molecule has 1 aliphatic carbocycles. The molecule has 4 heteroatoms. The van der Waals surface area contributed by atoms with Crippen LogP contribution in [0.5, 0.6) is 17.2 Å². The average molecular weight is 251 g/mol. The third kappa shape index (κ3) is 2.81. The fourth-order valence-corrected chi connectivity index (χ4v) is 2.34. The summed E-state index contributed by atoms with van der Waals surface area (Å²) in [5, 5.41) is 0. The lowest BCUT2D eigenvalue weighted by Gasteiger charge is -2.24. The molecule has 0 amide bonds. The number of nitrogen functional groups attached to an aromatic ring is 1. The molecule has 1 fully saturated rings. The van der Waals surface area contributed by atoms with E-state index in [9.17, 15) is 0 Å². The van der Waals surface area contributed by atoms with E-state index in [1.54, 1.807) is 20.3 Å². The SMILES string of the molecule is COc1cc(N)c(OC2CCCCC2)cc1OC. The molecular weight excluding hydrogens is 230 g/mol. The van der Waals surface area contributed by atoms with Crippen molar-refractivity contribution in [2.45, 2.75) is 38.2 Å². The van der Waals surface area contributed by atoms with Gasteiger partial charge in [-0.25, -0.2) is 0 Å². The maximum Gasteiger partial charge on any atom is 0.164 e. The Labute approximate surface area is 108 Å². The summed E-state index contributed by atoms with van der Waals surface area (Å²) in [6.45, 7) is 0. The zero-order valence-electron chi connectivity index (χ0n) is 11.1. The van der Waals surface area contributed by atoms with E-state index in [2.05, 4.69) is 0 Å². The topological polar surface area (TPSA) is 53.7 Å². The van der Waals surface area contributed by atoms with Crippen LogP contribution in [0.4, 0.5) is 5.69 Å². The second-order valence-electron chi connectivity index (χ2n) is 4.62. The number of hydrogen-bond donors (Lipinski definition) is 1. The summed E-state index contributed by atoms with van der Waals surface area (Å²) >= 11 is 0. The lowest BCUT2D eigenvalue weighted by molar-refractivity contribution is 0.155. The minimum atomic E-state index is 0.277. The molecule has 2 N–H and O–H groups in total. The third-order valence-electron chi connectivity index (χ3n) is 3.36. The molecule has 1 aromatic carbocycles. The van der Waals surface area contributed by atoms with Gasteiger partial charge in [0.1, 0.15) is 5.75 Å². The molecule has 0 saturated heterocycles. The lowest BCUT2D eigenvalue weighted by atomic mass is 9.98. The van der Waals surface area contributed by atoms with Gasteiger partial charge in [0.25, 0.3) is 0 Å². The normalized spacial score (nSPS) is 16.3. The summed E-state index contributed by atoms with van der Waals surface area (Å²) in [7, 11) is 3.21. The van der Waals surface area contributed by atoms with Crippen molar-refractivity contribution in [3.8, 4) is 17.2 Å². The summed E-state index contributed by atoms with van der Waals surface area (Å²) in [6.07, 6.45) is 6.26. The van der Waals surface area contributed by atoms with Crippen LogP contribution in [0.1, 0.15) is 32.1 Å². The van der Waals surface area contributed by atoms with Gasteiger partial charge in [0.05, 0.1) is 26.0 Å². The highest BCUT2D eigenvalue weighted by Gasteiger charge is 2.17. The van der Waals surface area contributed by atoms with Crippen LogP contribution in [-0.2, 0) is 0 Å². The van der Waals surface area contributed by atoms with Gasteiger partial charge in [-0.1, -0.05) is 6.42 Å². The summed E-state index contributed by atoms with van der Waals surface area (Å²) in [5.74, 6) is 1.98. The van der Waals surface area contributed by atoms with Gasteiger partial charge >= 0.3 is 0 Å². The van der Waals surface area contributed by atoms with Crippen molar-refractivity contribution in [3.05, 3.63) is 12.1 Å². The van der Waals surface area contributed by atoms with Crippen LogP contribution in [0.15, 0.2) is 12.1 Å². The lowest BCUT2D eigenvalue weighted by Crippen LogP contribution is -2.20. The molecule has 1 aromatic rings. The molecule has 1 aliphatic rings. The van der Waals surface area contributed by atoms with Crippen molar-refractivity contribution in [2.75, 3.05) is 20.0 Å². The van der Waals surface area contributed by atoms with E-state index < -0.39 is 0 Å². The van der Waals surface area contributed by atoms with Crippen molar-refractivity contribution in [1.82, 2.24) is 0 Å². The molecule has 0 unspecified atom stereocenters. The van der Waals surface area contributed by atoms with Gasteiger partial charge in [0.15, 0.2) is 11.5 Å². The number of nitrogens with two attached hydrogens (primary N) is 1. The van der Waals surface area contributed by atoms with E-state index in [0.29, 0.717) is 22.9 Å². The Bertz CT molecular complexity index is 400. The van der Waals surface area contributed by atoms with Gasteiger partial charge in [-0.05, 0) is 25.7 Å². The fraction of sp³-hybridized carbons (Fsp3) is 0.571. The van der Waals surface area contributed by atoms with Crippen molar-refractivity contribution in [2.24, 2.45) is 0 Å². The smallest absolute Gasteiger partial charge is 0.164 e. The minimum Gasteiger partial charge on any atom is -0.493 e. The van der Waals surface area contributed by atoms with E-state index in [0.717, 1.165) is 12.8 Å². The number of methoxy groups -OCH3 is 2. The second-order valence-corrected chi connectivity index (χ2v) is 4.62. The van der Waals surface area contributed by atoms with Gasteiger partial charge in [0, 0.05) is 12.1 Å². The van der Waals surface area contributed by atoms with Gasteiger partial charge in [-0.15, -0.1) is 0 Å². The van der Waals surface area contributed by atoms with Crippen molar-refractivity contribution in [3.63, 3.8) is 0 Å². The second kappa shape index (κ2) is 5.85. The first kappa shape index (κ1) is 12.9. The zero-order chi connectivity index (χ0) is 13.0. The fourth-order valence-electron chi connectivity index (χ4n) is 2.34. The molecule has 18 heavy (non-hydrogen) atoms. The molecule has 0 aromatic heterocycles. The Morgan fingerprint density at radius 2 is 1.56 bits per heavy atom. The Balaban J connectivity index is 2.16. The Hall–Kier alpha value is -1.58. The van der Waals surface area contributed by atoms with Gasteiger partial charge in [-0.3, -0.25) is 0 Å². The molecule has 1 saturated carbocycles. The van der Waals surface area contributed by atoms with Crippen LogP contribution in [0.2, 0.25) is 0 Å². The van der Waals surface area contributed by atoms with E-state index in [4.69, 9.17) is 19.9 Å². The standard InChI is InChI=1S/C14H21NO3/c1-16-13-8-11(15)12(9-14(13)17-2)18-10-6-4-3-5-7-10/h8-10H,3-7,15H2,1-2H3. The van der Waals surface area contributed by atoms with Crippen LogP contribution in [0.25, 0.3) is 0 Å². The Morgan fingerprint density at radius 3 is 2.17 bits per heavy atom. The summed E-state index contributed by atoms with van der Waals surface area (Å²) in [5.41, 5.74) is 6.57. The van der Waals surface area contributed by atoms with E-state index >= 15 is 0 Å². The maximum absolute atomic E-state index is 5.98. The molecule has 2 rings (SSSR count). The molecule has 0 aliphatic heterocycles. The van der Waals surface area contributed by atoms with E-state index in [1.165, 1.54) is 19.3 Å². The van der Waals surface area contributed by atoms with Crippen LogP contribution in [0, 0.1) is 0 Å². The van der Waals surface area contributed by atoms with Gasteiger partial charge in [0.2, 0.25) is 0 Å². The summed E-state index contributed by atoms with van der Waals surface area (Å²) in [6, 6.07) is 3.56. The highest BCUT2D eigenvalue weighted by Crippen LogP contribution is 2.37. The third-order valence-corrected chi connectivity index (χ3v) is 3.36. The van der Waals surface area contributed by atoms with Gasteiger partial charge < -0.3 is 19.9 Å². The van der Waals surface area contributed by atoms with Crippen LogP contribution >= 0.6 is 0 Å². The average Bonchev–Trinajstić information content (AvgIpc) is 2.41. The van der Waals surface area contributed by atoms with Crippen molar-refractivity contribution in [1.29, 1.82) is 0 Å². The number of anilines is 1. The monoisotopic (exact) mass is 251 g/mol. The highest BCUT2D eigenvalue weighted by atomic mass is 16.5. The van der Waals surface area contributed by atoms with Crippen molar-refractivity contribution >= 4 is 5.69 Å². The van der Waals surface area contributed by atoms with E-state index in [1.807, 2.05) is 6.07 Å². The number of benzene rings is 1. The van der Waals surface area contributed by atoms with Crippen LogP contribution in [0.3, 0.4) is 0 Å². The predicted octanol–water partition coefficient (Wildman–Crippen LogP) is 3.00. The Kier molecular flexibility index (Phi) is 4.18. The number of ether oxygens (including phenoxy) is 3. The van der Waals surface area contributed by atoms with Crippen LogP contribution < -0.4 is 19.9 Å². The van der Waals surface area contributed by atoms with Crippen molar-refractivity contribution < 1.29 is 14.2 Å². The van der Waals surface area contributed by atoms with E-state index in [-0.39, 0.29) is 6.10 Å². The predicted molar refractivity (Wildman–Crippen MR) is 71.5 cm³/mol. The minimum absolute atomic E-state index is 0.277. The van der Waals surface area contributed by atoms with Gasteiger partial charge in [-0.2, -0.15) is 0 Å². The number of rotatable bonds is 4. The quantitative estimate of drug-likeness (QED) is 0.836. The number of hydrogen-bond acceptors (Lipinski definition) is 4. The highest BCUT2D eigenvalue weighted by molar-refractivity contribution is 5.62. The molecule has 4 nitrogen and oxygen atoms in total. The molecule has 100 valence electrons. The first-order chi connectivity index (χ1) is 8.74. The molecule has 0 bridgehead atoms. The first-order valence-electron chi connectivity index (χ1n) is 6.42. The molecule has 0 atom stereocenters. The maximum atomic E-state index is 5.98. The largest absolute Gasteiger partial charge is 0.493 e. The molecular formula is C14H21NO3. The summed E-state index contributed by atoms with van der Waals surface area (Å²) < 4.78 is 16.4. The molecule has 0 heterocycles. The summed E-state index contributed by atoms with van der Waals surface area (Å²) in [4.78, 5) is 0. The molecule has 0 radical (unpaired) electrons. The zero-order valence-corrected chi connectivity index (χ0v) is 11.1. The van der Waals surface area contributed by atoms with Crippen LogP contribution in [-0.4, -0.2) is 20.3 Å². The Morgan fingerprint density at radius 1 is 0.944 bits per heavy atom. The molecule has 0 spiro atoms. The first-order valence-corrected chi connectivity index (χ1v) is 6.42.